The maximum atomic E-state index is 6.25. The second-order valence-electron chi connectivity index (χ2n) is 10.7. The largest absolute Gasteiger partial charge is 0.493 e. The van der Waals surface area contributed by atoms with Crippen molar-refractivity contribution >= 4 is 0 Å². The first kappa shape index (κ1) is 26.5. The molecule has 0 aromatic heterocycles. The van der Waals surface area contributed by atoms with E-state index in [1.165, 1.54) is 44.5 Å². The summed E-state index contributed by atoms with van der Waals surface area (Å²) >= 11 is 0. The Bertz CT molecular complexity index is 1170. The normalized spacial score (nSPS) is 11.4. The molecule has 37 heavy (non-hydrogen) atoms. The van der Waals surface area contributed by atoms with Crippen LogP contribution in [0.4, 0.5) is 0 Å². The van der Waals surface area contributed by atoms with E-state index < -0.39 is 0 Å². The zero-order valence-corrected chi connectivity index (χ0v) is 23.2. The maximum absolute atomic E-state index is 6.25. The highest BCUT2D eigenvalue weighted by molar-refractivity contribution is 5.52. The van der Waals surface area contributed by atoms with E-state index >= 15 is 0 Å². The Morgan fingerprint density at radius 1 is 0.514 bits per heavy atom. The van der Waals surface area contributed by atoms with Gasteiger partial charge in [-0.05, 0) is 72.2 Å². The van der Waals surface area contributed by atoms with Crippen LogP contribution in [0.2, 0.25) is 0 Å². The molecule has 0 aliphatic rings. The first-order valence-corrected chi connectivity index (χ1v) is 13.3. The monoisotopic (exact) mass is 492 g/mol. The van der Waals surface area contributed by atoms with Crippen molar-refractivity contribution in [2.75, 3.05) is 13.2 Å². The van der Waals surface area contributed by atoms with Crippen LogP contribution in [0.5, 0.6) is 11.5 Å². The van der Waals surface area contributed by atoms with Gasteiger partial charge in [0.15, 0.2) is 0 Å². The van der Waals surface area contributed by atoms with Crippen molar-refractivity contribution in [2.45, 2.75) is 59.8 Å². The van der Waals surface area contributed by atoms with E-state index in [1.54, 1.807) is 0 Å². The van der Waals surface area contributed by atoms with Crippen molar-refractivity contribution in [3.63, 3.8) is 0 Å². The Balaban J connectivity index is 1.48. The van der Waals surface area contributed by atoms with Crippen LogP contribution in [0, 0.1) is 27.7 Å². The molecule has 0 saturated carbocycles. The van der Waals surface area contributed by atoms with E-state index in [4.69, 9.17) is 9.47 Å². The van der Waals surface area contributed by atoms with Crippen LogP contribution in [0.25, 0.3) is 0 Å². The van der Waals surface area contributed by atoms with Crippen LogP contribution < -0.4 is 9.47 Å². The molecule has 4 aromatic rings. The predicted octanol–water partition coefficient (Wildman–Crippen LogP) is 8.49. The molecule has 0 radical (unpaired) electrons. The van der Waals surface area contributed by atoms with Crippen molar-refractivity contribution in [1.82, 2.24) is 0 Å². The number of ether oxygens (including phenoxy) is 2. The first-order chi connectivity index (χ1) is 17.8. The average Bonchev–Trinajstić information content (AvgIpc) is 2.88. The Kier molecular flexibility index (Phi) is 8.38. The second-order valence-corrected chi connectivity index (χ2v) is 10.7. The Labute approximate surface area is 223 Å². The van der Waals surface area contributed by atoms with E-state index in [0.717, 1.165) is 24.3 Å². The molecule has 0 heterocycles. The van der Waals surface area contributed by atoms with Gasteiger partial charge in [-0.25, -0.2) is 0 Å². The number of hydrogen-bond acceptors (Lipinski definition) is 2. The van der Waals surface area contributed by atoms with E-state index in [9.17, 15) is 0 Å². The van der Waals surface area contributed by atoms with Gasteiger partial charge in [0.1, 0.15) is 11.5 Å². The SMILES string of the molecule is Cc1cc(C(C)(C)c2cc(C)c(OCCc3ccccc3)c(C)c2)cc(C)c1OCCc1ccccc1. The van der Waals surface area contributed by atoms with E-state index in [-0.39, 0.29) is 5.41 Å². The quantitative estimate of drug-likeness (QED) is 0.221. The molecule has 2 nitrogen and oxygen atoms in total. The lowest BCUT2D eigenvalue weighted by Crippen LogP contribution is -2.20. The number of benzene rings is 4. The highest BCUT2D eigenvalue weighted by atomic mass is 16.5. The zero-order chi connectivity index (χ0) is 26.4. The van der Waals surface area contributed by atoms with Gasteiger partial charge < -0.3 is 9.47 Å². The molecule has 4 rings (SSSR count). The van der Waals surface area contributed by atoms with Crippen molar-refractivity contribution in [2.24, 2.45) is 0 Å². The summed E-state index contributed by atoms with van der Waals surface area (Å²) in [5.74, 6) is 2.01. The molecule has 0 aliphatic heterocycles. The van der Waals surface area contributed by atoms with Crippen LogP contribution in [-0.4, -0.2) is 13.2 Å². The molecular weight excluding hydrogens is 452 g/mol. The Morgan fingerprint density at radius 2 is 0.838 bits per heavy atom. The van der Waals surface area contributed by atoms with Crippen LogP contribution in [0.3, 0.4) is 0 Å². The minimum absolute atomic E-state index is 0.143. The third kappa shape index (κ3) is 6.43. The van der Waals surface area contributed by atoms with Crippen molar-refractivity contribution in [3.8, 4) is 11.5 Å². The molecule has 2 heteroatoms. The zero-order valence-electron chi connectivity index (χ0n) is 23.2. The minimum atomic E-state index is -0.143. The lowest BCUT2D eigenvalue weighted by atomic mass is 9.76. The average molecular weight is 493 g/mol. The summed E-state index contributed by atoms with van der Waals surface area (Å²) in [5, 5.41) is 0. The van der Waals surface area contributed by atoms with Crippen LogP contribution in [-0.2, 0) is 18.3 Å². The van der Waals surface area contributed by atoms with Gasteiger partial charge in [-0.15, -0.1) is 0 Å². The summed E-state index contributed by atoms with van der Waals surface area (Å²) in [5.41, 5.74) is 9.80. The summed E-state index contributed by atoms with van der Waals surface area (Å²) < 4.78 is 12.5. The fourth-order valence-electron chi connectivity index (χ4n) is 5.08. The molecule has 0 aliphatic carbocycles. The summed E-state index contributed by atoms with van der Waals surface area (Å²) in [6.07, 6.45) is 1.82. The van der Waals surface area contributed by atoms with Crippen molar-refractivity contribution < 1.29 is 9.47 Å². The fraction of sp³-hybridized carbons (Fsp3) is 0.314. The van der Waals surface area contributed by atoms with E-state index in [2.05, 4.69) is 126 Å². The highest BCUT2D eigenvalue weighted by Crippen LogP contribution is 2.38. The first-order valence-electron chi connectivity index (χ1n) is 13.3. The van der Waals surface area contributed by atoms with E-state index in [0.29, 0.717) is 13.2 Å². The van der Waals surface area contributed by atoms with Crippen molar-refractivity contribution in [3.05, 3.63) is 129 Å². The van der Waals surface area contributed by atoms with Gasteiger partial charge in [0.2, 0.25) is 0 Å². The topological polar surface area (TPSA) is 18.5 Å². The lowest BCUT2D eigenvalue weighted by molar-refractivity contribution is 0.317. The fourth-order valence-corrected chi connectivity index (χ4v) is 5.08. The molecule has 0 atom stereocenters. The van der Waals surface area contributed by atoms with Gasteiger partial charge in [0, 0.05) is 18.3 Å². The van der Waals surface area contributed by atoms with Gasteiger partial charge >= 0.3 is 0 Å². The Hall–Kier alpha value is -3.52. The smallest absolute Gasteiger partial charge is 0.125 e. The lowest BCUT2D eigenvalue weighted by Gasteiger charge is -2.29. The molecule has 0 unspecified atom stereocenters. The molecule has 4 aromatic carbocycles. The molecule has 192 valence electrons. The molecule has 0 N–H and O–H groups in total. The minimum Gasteiger partial charge on any atom is -0.493 e. The highest BCUT2D eigenvalue weighted by Gasteiger charge is 2.26. The summed E-state index contributed by atoms with van der Waals surface area (Å²) in [4.78, 5) is 0. The molecule has 0 saturated heterocycles. The van der Waals surface area contributed by atoms with Crippen molar-refractivity contribution in [1.29, 1.82) is 0 Å². The standard InChI is InChI=1S/C35H40O2/c1-25-21-31(22-26(2)33(25)36-19-17-29-13-9-7-10-14-29)35(5,6)32-23-27(3)34(28(4)24-32)37-20-18-30-15-11-8-12-16-30/h7-16,21-24H,17-20H2,1-6H3. The van der Waals surface area contributed by atoms with Gasteiger partial charge in [-0.2, -0.15) is 0 Å². The van der Waals surface area contributed by atoms with Gasteiger partial charge in [0.05, 0.1) is 13.2 Å². The third-order valence-corrected chi connectivity index (χ3v) is 7.32. The van der Waals surface area contributed by atoms with Gasteiger partial charge in [0.25, 0.3) is 0 Å². The summed E-state index contributed by atoms with van der Waals surface area (Å²) in [6.45, 7) is 14.6. The van der Waals surface area contributed by atoms with Gasteiger partial charge in [-0.1, -0.05) is 98.8 Å². The number of hydrogen-bond donors (Lipinski definition) is 0. The molecule has 0 amide bonds. The summed E-state index contributed by atoms with van der Waals surface area (Å²) in [6, 6.07) is 30.2. The molecule has 0 spiro atoms. The van der Waals surface area contributed by atoms with Gasteiger partial charge in [-0.3, -0.25) is 0 Å². The molecule has 0 fully saturated rings. The third-order valence-electron chi connectivity index (χ3n) is 7.32. The second kappa shape index (κ2) is 11.7. The van der Waals surface area contributed by atoms with E-state index in [1.807, 2.05) is 0 Å². The maximum Gasteiger partial charge on any atom is 0.125 e. The van der Waals surface area contributed by atoms with Crippen LogP contribution in [0.1, 0.15) is 58.4 Å². The Morgan fingerprint density at radius 3 is 1.16 bits per heavy atom. The van der Waals surface area contributed by atoms with Crippen LogP contribution >= 0.6 is 0 Å². The molecular formula is C35H40O2. The number of aryl methyl sites for hydroxylation is 4. The predicted molar refractivity (Wildman–Crippen MR) is 155 cm³/mol. The summed E-state index contributed by atoms with van der Waals surface area (Å²) in [7, 11) is 0. The van der Waals surface area contributed by atoms with Crippen LogP contribution in [0.15, 0.2) is 84.9 Å². The number of rotatable bonds is 10. The molecule has 0 bridgehead atoms.